The summed E-state index contributed by atoms with van der Waals surface area (Å²) in [6, 6.07) is 11.5. The van der Waals surface area contributed by atoms with Crippen molar-refractivity contribution in [3.05, 3.63) is 52.4 Å². The number of amides is 1. The molecule has 1 amide bonds. The molecule has 8 heteroatoms. The van der Waals surface area contributed by atoms with Gasteiger partial charge in [0.05, 0.1) is 12.3 Å². The molecule has 1 N–H and O–H groups in total. The topological polar surface area (TPSA) is 92.6 Å². The van der Waals surface area contributed by atoms with Crippen molar-refractivity contribution < 1.29 is 9.53 Å². The second kappa shape index (κ2) is 8.34. The third-order valence-electron chi connectivity index (χ3n) is 7.96. The number of hydrogen-bond acceptors (Lipinski definition) is 5. The van der Waals surface area contributed by atoms with E-state index in [0.29, 0.717) is 35.2 Å². The molecule has 2 aromatic heterocycles. The highest BCUT2D eigenvalue weighted by molar-refractivity contribution is 5.86. The number of H-pyrrole nitrogens is 1. The summed E-state index contributed by atoms with van der Waals surface area (Å²) in [6.07, 6.45) is 6.82. The number of rotatable bonds is 6. The van der Waals surface area contributed by atoms with Crippen LogP contribution < -0.4 is 5.56 Å². The minimum absolute atomic E-state index is 0.127. The predicted octanol–water partition coefficient (Wildman–Crippen LogP) is 3.56. The molecule has 1 saturated heterocycles. The molecule has 0 spiro atoms. The van der Waals surface area contributed by atoms with Crippen LogP contribution in [0.5, 0.6) is 0 Å². The Labute approximate surface area is 198 Å². The van der Waals surface area contributed by atoms with Crippen LogP contribution in [-0.2, 0) is 16.1 Å². The molecule has 34 heavy (non-hydrogen) atoms. The van der Waals surface area contributed by atoms with Crippen molar-refractivity contribution in [1.29, 1.82) is 0 Å². The lowest BCUT2D eigenvalue weighted by Gasteiger charge is -2.41. The number of nitrogens with one attached hydrogen (secondary N) is 1. The molecule has 3 fully saturated rings. The molecule has 1 aliphatic heterocycles. The Balaban J connectivity index is 1.25. The summed E-state index contributed by atoms with van der Waals surface area (Å²) in [5, 5.41) is 3.02. The normalized spacial score (nSPS) is 25.4. The number of fused-ring (bicyclic) bond motifs is 2. The zero-order chi connectivity index (χ0) is 23.3. The highest BCUT2D eigenvalue weighted by Crippen LogP contribution is 2.51. The summed E-state index contributed by atoms with van der Waals surface area (Å²) in [7, 11) is 0. The molecule has 6 rings (SSSR count). The van der Waals surface area contributed by atoms with Crippen molar-refractivity contribution in [2.45, 2.75) is 70.1 Å². The van der Waals surface area contributed by atoms with Crippen LogP contribution in [0.4, 0.5) is 0 Å². The molecule has 3 aliphatic rings. The fourth-order valence-electron chi connectivity index (χ4n) is 6.07. The van der Waals surface area contributed by atoms with Crippen molar-refractivity contribution in [2.24, 2.45) is 11.8 Å². The third-order valence-corrected chi connectivity index (χ3v) is 7.96. The van der Waals surface area contributed by atoms with E-state index in [1.165, 1.54) is 17.0 Å². The average Bonchev–Trinajstić information content (AvgIpc) is 3.33. The van der Waals surface area contributed by atoms with Gasteiger partial charge in [-0.2, -0.15) is 9.50 Å². The molecule has 3 aromatic rings. The second-order valence-corrected chi connectivity index (χ2v) is 10.1. The van der Waals surface area contributed by atoms with E-state index < -0.39 is 5.60 Å². The Bertz CT molecular complexity index is 1260. The molecule has 3 atom stereocenters. The summed E-state index contributed by atoms with van der Waals surface area (Å²) in [6.45, 7) is 3.18. The fraction of sp³-hybridized carbons (Fsp3) is 0.538. The highest BCUT2D eigenvalue weighted by atomic mass is 16.5. The van der Waals surface area contributed by atoms with E-state index in [-0.39, 0.29) is 18.1 Å². The van der Waals surface area contributed by atoms with Crippen LogP contribution in [0.15, 0.2) is 41.2 Å². The Hall–Kier alpha value is -3.00. The number of benzene rings is 1. The van der Waals surface area contributed by atoms with Gasteiger partial charge in [-0.3, -0.25) is 14.7 Å². The molecular weight excluding hydrogens is 430 g/mol. The van der Waals surface area contributed by atoms with E-state index in [2.05, 4.69) is 26.9 Å². The Morgan fingerprint density at radius 2 is 1.97 bits per heavy atom. The number of aromatic nitrogens is 4. The van der Waals surface area contributed by atoms with E-state index in [4.69, 9.17) is 4.74 Å². The number of carbonyl (C=O) groups excluding carboxylic acids is 1. The number of carbonyl (C=O) groups is 1. The van der Waals surface area contributed by atoms with Gasteiger partial charge in [0.15, 0.2) is 5.82 Å². The Morgan fingerprint density at radius 1 is 1.18 bits per heavy atom. The molecule has 0 bridgehead atoms. The van der Waals surface area contributed by atoms with Gasteiger partial charge in [-0.05, 0) is 37.5 Å². The molecule has 178 valence electrons. The van der Waals surface area contributed by atoms with Crippen molar-refractivity contribution in [2.75, 3.05) is 6.54 Å². The summed E-state index contributed by atoms with van der Waals surface area (Å²) >= 11 is 0. The maximum atomic E-state index is 13.8. The molecule has 3 heterocycles. The quantitative estimate of drug-likeness (QED) is 0.606. The number of likely N-dealkylation sites (tertiary alicyclic amines) is 1. The number of nitrogens with zero attached hydrogens (tertiary/aromatic N) is 4. The smallest absolute Gasteiger partial charge is 0.274 e. The van der Waals surface area contributed by atoms with Gasteiger partial charge >= 0.3 is 0 Å². The minimum atomic E-state index is -0.809. The molecule has 2 saturated carbocycles. The second-order valence-electron chi connectivity index (χ2n) is 10.1. The van der Waals surface area contributed by atoms with E-state index in [1.54, 1.807) is 0 Å². The zero-order valence-electron chi connectivity index (χ0n) is 19.6. The molecule has 0 radical (unpaired) electrons. The number of ether oxygens (including phenoxy) is 1. The lowest BCUT2D eigenvalue weighted by atomic mass is 9.83. The lowest BCUT2D eigenvalue weighted by molar-refractivity contribution is -0.167. The van der Waals surface area contributed by atoms with Gasteiger partial charge in [0.2, 0.25) is 0 Å². The van der Waals surface area contributed by atoms with Crippen LogP contribution in [0.25, 0.3) is 17.2 Å². The monoisotopic (exact) mass is 461 g/mol. The van der Waals surface area contributed by atoms with E-state index in [9.17, 15) is 9.59 Å². The Morgan fingerprint density at radius 3 is 2.74 bits per heavy atom. The van der Waals surface area contributed by atoms with Gasteiger partial charge in [-0.25, -0.2) is 4.98 Å². The maximum absolute atomic E-state index is 13.8. The van der Waals surface area contributed by atoms with Crippen LogP contribution >= 0.6 is 0 Å². The Kier molecular flexibility index (Phi) is 5.28. The summed E-state index contributed by atoms with van der Waals surface area (Å²) in [4.78, 5) is 37.8. The van der Waals surface area contributed by atoms with Crippen LogP contribution in [0, 0.1) is 11.8 Å². The van der Waals surface area contributed by atoms with E-state index in [0.717, 1.165) is 50.6 Å². The van der Waals surface area contributed by atoms with Crippen molar-refractivity contribution in [1.82, 2.24) is 24.5 Å². The predicted molar refractivity (Wildman–Crippen MR) is 127 cm³/mol. The standard InChI is InChI=1S/C26H31N5O3/c1-2-21-20-13-18(20)15-30(21)24(33)26(11-7-4-8-12-26)34-16-19-14-22(32)31-25(27-19)28-23(29-31)17-9-5-3-6-10-17/h3,5-6,9-10,14,18,20-21H,2,4,7-8,11-13,15-16H2,1H3,(H,27,28,29)/t18-,20-,21+/m0/s1. The molecule has 0 unspecified atom stereocenters. The highest BCUT2D eigenvalue weighted by Gasteiger charge is 2.56. The fourth-order valence-corrected chi connectivity index (χ4v) is 6.07. The van der Waals surface area contributed by atoms with Gasteiger partial charge in [0.25, 0.3) is 17.2 Å². The molecule has 2 aliphatic carbocycles. The van der Waals surface area contributed by atoms with Crippen molar-refractivity contribution in [3.63, 3.8) is 0 Å². The SMILES string of the molecule is CC[C@@H]1[C@H]2C[C@H]2CN1C(=O)C1(OCc2cc(=O)n3[nH]c(-c4ccccc4)nc3n2)CCCCC1. The van der Waals surface area contributed by atoms with Crippen LogP contribution in [0.1, 0.15) is 57.6 Å². The van der Waals surface area contributed by atoms with E-state index >= 15 is 0 Å². The van der Waals surface area contributed by atoms with Crippen molar-refractivity contribution >= 4 is 11.7 Å². The zero-order valence-corrected chi connectivity index (χ0v) is 19.6. The summed E-state index contributed by atoms with van der Waals surface area (Å²) in [5.74, 6) is 2.39. The minimum Gasteiger partial charge on any atom is -0.359 e. The number of aromatic amines is 1. The average molecular weight is 462 g/mol. The van der Waals surface area contributed by atoms with Crippen LogP contribution in [-0.4, -0.2) is 48.6 Å². The summed E-state index contributed by atoms with van der Waals surface area (Å²) < 4.78 is 7.77. The largest absolute Gasteiger partial charge is 0.359 e. The van der Waals surface area contributed by atoms with E-state index in [1.807, 2.05) is 30.3 Å². The maximum Gasteiger partial charge on any atom is 0.274 e. The molecule has 8 nitrogen and oxygen atoms in total. The van der Waals surface area contributed by atoms with Gasteiger partial charge in [0, 0.05) is 24.2 Å². The first kappa shape index (κ1) is 21.5. The molecule has 1 aromatic carbocycles. The molecular formula is C26H31N5O3. The first-order valence-electron chi connectivity index (χ1n) is 12.6. The number of piperidine rings is 1. The van der Waals surface area contributed by atoms with Gasteiger partial charge in [0.1, 0.15) is 5.60 Å². The number of hydrogen-bond donors (Lipinski definition) is 1. The van der Waals surface area contributed by atoms with Crippen LogP contribution in [0.3, 0.4) is 0 Å². The van der Waals surface area contributed by atoms with Gasteiger partial charge < -0.3 is 9.64 Å². The lowest BCUT2D eigenvalue weighted by Crippen LogP contribution is -2.54. The van der Waals surface area contributed by atoms with Gasteiger partial charge in [-0.1, -0.05) is 56.5 Å². The third kappa shape index (κ3) is 3.64. The van der Waals surface area contributed by atoms with Crippen molar-refractivity contribution in [3.8, 4) is 11.4 Å². The van der Waals surface area contributed by atoms with Crippen LogP contribution in [0.2, 0.25) is 0 Å². The first-order valence-corrected chi connectivity index (χ1v) is 12.6. The van der Waals surface area contributed by atoms with Gasteiger partial charge in [-0.15, -0.1) is 0 Å². The first-order chi connectivity index (χ1) is 16.6. The summed E-state index contributed by atoms with van der Waals surface area (Å²) in [5.41, 5.74) is 0.333.